The second kappa shape index (κ2) is 8.52. The minimum atomic E-state index is -0.367. The maximum atomic E-state index is 11.6. The minimum absolute atomic E-state index is 0. The molecule has 25 heavy (non-hydrogen) atoms. The summed E-state index contributed by atoms with van der Waals surface area (Å²) < 4.78 is 6.24. The summed E-state index contributed by atoms with van der Waals surface area (Å²) in [7, 11) is 1.84. The van der Waals surface area contributed by atoms with Crippen LogP contribution in [0.25, 0.3) is 0 Å². The van der Waals surface area contributed by atoms with Crippen molar-refractivity contribution < 1.29 is 9.53 Å². The third-order valence-electron chi connectivity index (χ3n) is 6.04. The number of primary amides is 1. The van der Waals surface area contributed by atoms with Gasteiger partial charge in [0.2, 0.25) is 5.91 Å². The number of likely N-dealkylation sites (tertiary alicyclic amines) is 1. The van der Waals surface area contributed by atoms with Crippen LogP contribution < -0.4 is 5.73 Å². The molecular weight excluding hydrogens is 336 g/mol. The first-order valence-electron chi connectivity index (χ1n) is 9.29. The zero-order chi connectivity index (χ0) is 17.2. The van der Waals surface area contributed by atoms with Gasteiger partial charge in [0.1, 0.15) is 5.60 Å². The zero-order valence-electron chi connectivity index (χ0n) is 15.4. The van der Waals surface area contributed by atoms with Crippen molar-refractivity contribution in [2.45, 2.75) is 44.6 Å². The summed E-state index contributed by atoms with van der Waals surface area (Å²) in [5, 5.41) is 0. The number of fused-ring (bicyclic) bond motifs is 2. The van der Waals surface area contributed by atoms with Crippen molar-refractivity contribution in [1.29, 1.82) is 0 Å². The van der Waals surface area contributed by atoms with Gasteiger partial charge in [-0.15, -0.1) is 12.4 Å². The Bertz CT molecular complexity index is 579. The molecule has 2 bridgehead atoms. The molecule has 2 N–H and O–H groups in total. The lowest BCUT2D eigenvalue weighted by Crippen LogP contribution is -2.59. The summed E-state index contributed by atoms with van der Waals surface area (Å²) in [4.78, 5) is 14.2. The van der Waals surface area contributed by atoms with Crippen LogP contribution in [0.5, 0.6) is 0 Å². The molecule has 1 aromatic carbocycles. The predicted molar refractivity (Wildman–Crippen MR) is 103 cm³/mol. The quantitative estimate of drug-likeness (QED) is 0.837. The average Bonchev–Trinajstić information content (AvgIpc) is 2.59. The second-order valence-corrected chi connectivity index (χ2v) is 7.38. The van der Waals surface area contributed by atoms with E-state index in [1.165, 1.54) is 38.6 Å². The van der Waals surface area contributed by atoms with Crippen LogP contribution >= 0.6 is 12.4 Å². The molecular formula is C20H31ClN2O2. The van der Waals surface area contributed by atoms with Gasteiger partial charge in [-0.05, 0) is 43.5 Å². The Kier molecular flexibility index (Phi) is 6.89. The normalized spacial score (nSPS) is 29.0. The SMILES string of the molecule is CCCCN1C[C@H]2CCC[C@@H](C1)[C@]2(OC)c1cccc(C(N)=O)c1.Cl. The van der Waals surface area contributed by atoms with Crippen molar-refractivity contribution in [1.82, 2.24) is 4.90 Å². The second-order valence-electron chi connectivity index (χ2n) is 7.38. The fourth-order valence-electron chi connectivity index (χ4n) is 4.93. The molecule has 0 radical (unpaired) electrons. The van der Waals surface area contributed by atoms with E-state index in [9.17, 15) is 4.79 Å². The van der Waals surface area contributed by atoms with Gasteiger partial charge in [-0.25, -0.2) is 0 Å². The lowest BCUT2D eigenvalue weighted by molar-refractivity contribution is -0.169. The van der Waals surface area contributed by atoms with Crippen LogP contribution in [0.2, 0.25) is 0 Å². The minimum Gasteiger partial charge on any atom is -0.373 e. The molecule has 4 nitrogen and oxygen atoms in total. The number of unbranched alkanes of at least 4 members (excludes halogenated alkanes) is 1. The van der Waals surface area contributed by atoms with E-state index in [1.807, 2.05) is 19.2 Å². The molecule has 1 aromatic rings. The van der Waals surface area contributed by atoms with Crippen LogP contribution in [0.15, 0.2) is 24.3 Å². The molecule has 1 saturated carbocycles. The maximum absolute atomic E-state index is 11.6. The fourth-order valence-corrected chi connectivity index (χ4v) is 4.93. The number of halogens is 1. The van der Waals surface area contributed by atoms with Crippen LogP contribution in [0.4, 0.5) is 0 Å². The number of carbonyl (C=O) groups excluding carboxylic acids is 1. The molecule has 3 atom stereocenters. The maximum Gasteiger partial charge on any atom is 0.248 e. The van der Waals surface area contributed by atoms with Crippen molar-refractivity contribution >= 4 is 18.3 Å². The summed E-state index contributed by atoms with van der Waals surface area (Å²) in [6.45, 7) is 5.61. The smallest absolute Gasteiger partial charge is 0.248 e. The van der Waals surface area contributed by atoms with Crippen LogP contribution in [-0.4, -0.2) is 37.6 Å². The molecule has 0 unspecified atom stereocenters. The van der Waals surface area contributed by atoms with Gasteiger partial charge in [-0.3, -0.25) is 4.79 Å². The number of hydrogen-bond acceptors (Lipinski definition) is 3. The van der Waals surface area contributed by atoms with Crippen LogP contribution in [0.3, 0.4) is 0 Å². The van der Waals surface area contributed by atoms with Crippen molar-refractivity contribution in [2.75, 3.05) is 26.7 Å². The standard InChI is InChI=1S/C20H30N2O2.ClH/c1-3-4-11-22-13-17-9-6-10-18(14-22)20(17,24-2)16-8-5-7-15(12-16)19(21)23;/h5,7-8,12,17-18H,3-4,6,9-11,13-14H2,1-2H3,(H2,21,23);1H/t17-,18+,20+;. The Morgan fingerprint density at radius 3 is 2.56 bits per heavy atom. The lowest BCUT2D eigenvalue weighted by Gasteiger charge is -2.55. The Morgan fingerprint density at radius 2 is 2.00 bits per heavy atom. The summed E-state index contributed by atoms with van der Waals surface area (Å²) in [5.41, 5.74) is 6.94. The number of nitrogens with two attached hydrogens (primary N) is 1. The molecule has 2 fully saturated rings. The number of piperidine rings is 1. The molecule has 0 spiro atoms. The highest BCUT2D eigenvalue weighted by Crippen LogP contribution is 2.51. The van der Waals surface area contributed by atoms with Gasteiger partial charge in [0.25, 0.3) is 0 Å². The molecule has 1 amide bonds. The van der Waals surface area contributed by atoms with Gasteiger partial charge < -0.3 is 15.4 Å². The first-order chi connectivity index (χ1) is 11.6. The molecule has 2 aliphatic rings. The van der Waals surface area contributed by atoms with Crippen molar-refractivity contribution in [3.05, 3.63) is 35.4 Å². The highest BCUT2D eigenvalue weighted by molar-refractivity contribution is 5.92. The highest BCUT2D eigenvalue weighted by Gasteiger charge is 2.53. The van der Waals surface area contributed by atoms with Crippen molar-refractivity contribution in [2.24, 2.45) is 17.6 Å². The number of hydrogen-bond donors (Lipinski definition) is 1. The molecule has 1 aliphatic heterocycles. The number of carbonyl (C=O) groups is 1. The first kappa shape index (κ1) is 20.2. The van der Waals surface area contributed by atoms with Crippen molar-refractivity contribution in [3.63, 3.8) is 0 Å². The third-order valence-corrected chi connectivity index (χ3v) is 6.04. The number of ether oxygens (including phenoxy) is 1. The highest BCUT2D eigenvalue weighted by atomic mass is 35.5. The zero-order valence-corrected chi connectivity index (χ0v) is 16.2. The van der Waals surface area contributed by atoms with Crippen LogP contribution in [0, 0.1) is 11.8 Å². The summed E-state index contributed by atoms with van der Waals surface area (Å²) in [6.07, 6.45) is 6.15. The third kappa shape index (κ3) is 3.71. The van der Waals surface area contributed by atoms with E-state index in [4.69, 9.17) is 10.5 Å². The van der Waals surface area contributed by atoms with Gasteiger partial charge in [0.05, 0.1) is 0 Å². The topological polar surface area (TPSA) is 55.6 Å². The first-order valence-corrected chi connectivity index (χ1v) is 9.29. The van der Waals surface area contributed by atoms with E-state index in [0.717, 1.165) is 18.7 Å². The molecule has 5 heteroatoms. The number of amides is 1. The van der Waals surface area contributed by atoms with E-state index in [0.29, 0.717) is 17.4 Å². The summed E-state index contributed by atoms with van der Waals surface area (Å²) in [6, 6.07) is 7.80. The van der Waals surface area contributed by atoms with E-state index < -0.39 is 0 Å². The Hall–Kier alpha value is -1.10. The van der Waals surface area contributed by atoms with Gasteiger partial charge in [0.15, 0.2) is 0 Å². The fraction of sp³-hybridized carbons (Fsp3) is 0.650. The lowest BCUT2D eigenvalue weighted by atomic mass is 9.62. The predicted octanol–water partition coefficient (Wildman–Crippen LogP) is 3.58. The molecule has 3 rings (SSSR count). The van der Waals surface area contributed by atoms with Crippen LogP contribution in [-0.2, 0) is 10.3 Å². The van der Waals surface area contributed by atoms with E-state index in [1.54, 1.807) is 6.07 Å². The van der Waals surface area contributed by atoms with E-state index >= 15 is 0 Å². The van der Waals surface area contributed by atoms with Gasteiger partial charge >= 0.3 is 0 Å². The Labute approximate surface area is 157 Å². The van der Waals surface area contributed by atoms with Gasteiger partial charge in [0, 0.05) is 37.6 Å². The Balaban J connectivity index is 0.00000225. The van der Waals surface area contributed by atoms with Gasteiger partial charge in [-0.2, -0.15) is 0 Å². The number of benzene rings is 1. The molecule has 1 saturated heterocycles. The molecule has 0 aromatic heterocycles. The Morgan fingerprint density at radius 1 is 1.32 bits per heavy atom. The van der Waals surface area contributed by atoms with Crippen LogP contribution in [0.1, 0.15) is 54.9 Å². The summed E-state index contributed by atoms with van der Waals surface area (Å²) >= 11 is 0. The average molecular weight is 367 g/mol. The number of methoxy groups -OCH3 is 1. The summed E-state index contributed by atoms with van der Waals surface area (Å²) in [5.74, 6) is 0.596. The van der Waals surface area contributed by atoms with E-state index in [2.05, 4.69) is 17.9 Å². The van der Waals surface area contributed by atoms with E-state index in [-0.39, 0.29) is 23.9 Å². The molecule has 140 valence electrons. The number of nitrogens with zero attached hydrogens (tertiary/aromatic N) is 1. The van der Waals surface area contributed by atoms with Crippen molar-refractivity contribution in [3.8, 4) is 0 Å². The molecule has 1 aliphatic carbocycles. The number of rotatable bonds is 6. The molecule has 1 heterocycles. The van der Waals surface area contributed by atoms with Gasteiger partial charge in [-0.1, -0.05) is 31.9 Å². The monoisotopic (exact) mass is 366 g/mol. The largest absolute Gasteiger partial charge is 0.373 e.